The van der Waals surface area contributed by atoms with Crippen molar-refractivity contribution in [1.82, 2.24) is 9.97 Å². The van der Waals surface area contributed by atoms with Crippen LogP contribution in [0.2, 0.25) is 0 Å². The molecule has 0 saturated carbocycles. The molecule has 3 rings (SSSR count). The predicted octanol–water partition coefficient (Wildman–Crippen LogP) is 3.95. The number of carbonyl (C=O) groups excluding carboxylic acids is 1. The predicted molar refractivity (Wildman–Crippen MR) is 77.8 cm³/mol. The summed E-state index contributed by atoms with van der Waals surface area (Å²) in [5.41, 5.74) is 1.88. The van der Waals surface area contributed by atoms with Crippen LogP contribution in [-0.2, 0) is 6.42 Å². The van der Waals surface area contributed by atoms with Crippen molar-refractivity contribution in [1.29, 1.82) is 0 Å². The van der Waals surface area contributed by atoms with Crippen LogP contribution in [0.25, 0.3) is 10.9 Å². The number of aromatic nitrogens is 2. The Morgan fingerprint density at radius 3 is 3.10 bits per heavy atom. The quantitative estimate of drug-likeness (QED) is 0.739. The third kappa shape index (κ3) is 2.14. The van der Waals surface area contributed by atoms with Crippen LogP contribution in [0.4, 0.5) is 4.39 Å². The Morgan fingerprint density at radius 2 is 2.30 bits per heavy atom. The van der Waals surface area contributed by atoms with Gasteiger partial charge < -0.3 is 4.98 Å². The van der Waals surface area contributed by atoms with Crippen LogP contribution >= 0.6 is 11.3 Å². The molecular weight excluding hydrogens is 275 g/mol. The molecule has 0 atom stereocenters. The van der Waals surface area contributed by atoms with Gasteiger partial charge in [0.05, 0.1) is 11.3 Å². The van der Waals surface area contributed by atoms with Gasteiger partial charge in [-0.05, 0) is 18.6 Å². The third-order valence-electron chi connectivity index (χ3n) is 3.15. The van der Waals surface area contributed by atoms with E-state index in [2.05, 4.69) is 16.9 Å². The number of hydrogen-bond acceptors (Lipinski definition) is 3. The summed E-state index contributed by atoms with van der Waals surface area (Å²) in [5, 5.41) is 2.64. The molecule has 2 aromatic heterocycles. The van der Waals surface area contributed by atoms with Gasteiger partial charge in [0.1, 0.15) is 5.82 Å². The molecule has 0 aliphatic rings. The van der Waals surface area contributed by atoms with Gasteiger partial charge >= 0.3 is 0 Å². The van der Waals surface area contributed by atoms with Gasteiger partial charge in [-0.15, -0.1) is 11.3 Å². The van der Waals surface area contributed by atoms with Crippen LogP contribution in [0.3, 0.4) is 0 Å². The number of carbonyl (C=O) groups is 1. The van der Waals surface area contributed by atoms with Crippen molar-refractivity contribution in [2.75, 3.05) is 0 Å². The van der Waals surface area contributed by atoms with E-state index in [1.54, 1.807) is 18.3 Å². The molecule has 0 radical (unpaired) electrons. The summed E-state index contributed by atoms with van der Waals surface area (Å²) in [7, 11) is 0. The number of thiazole rings is 1. The standard InChI is InChI=1S/C15H13FN2OS/c1-2-4-9-8-20-15(18-9)14(19)10-7-17-12-6-3-5-11(16)13(10)12/h3,5-8,17H,2,4H2,1H3. The Kier molecular flexibility index (Phi) is 3.36. The highest BCUT2D eigenvalue weighted by Gasteiger charge is 2.19. The summed E-state index contributed by atoms with van der Waals surface area (Å²) in [5.74, 6) is -0.619. The smallest absolute Gasteiger partial charge is 0.223 e. The molecule has 2 heterocycles. The van der Waals surface area contributed by atoms with E-state index in [1.165, 1.54) is 17.4 Å². The van der Waals surface area contributed by atoms with Crippen molar-refractivity contribution in [3.8, 4) is 0 Å². The summed E-state index contributed by atoms with van der Waals surface area (Å²) in [4.78, 5) is 19.7. The minimum Gasteiger partial charge on any atom is -0.360 e. The number of halogens is 1. The van der Waals surface area contributed by atoms with E-state index in [-0.39, 0.29) is 5.78 Å². The summed E-state index contributed by atoms with van der Waals surface area (Å²) in [6.45, 7) is 2.07. The Labute approximate surface area is 119 Å². The van der Waals surface area contributed by atoms with Crippen LogP contribution in [0.5, 0.6) is 0 Å². The molecule has 5 heteroatoms. The third-order valence-corrected chi connectivity index (χ3v) is 4.04. The first-order valence-electron chi connectivity index (χ1n) is 6.45. The van der Waals surface area contributed by atoms with Gasteiger partial charge in [-0.2, -0.15) is 0 Å². The lowest BCUT2D eigenvalue weighted by atomic mass is 10.1. The fourth-order valence-electron chi connectivity index (χ4n) is 2.22. The molecular formula is C15H13FN2OS. The molecule has 0 bridgehead atoms. The Balaban J connectivity index is 2.03. The first kappa shape index (κ1) is 13.0. The lowest BCUT2D eigenvalue weighted by Gasteiger charge is -1.97. The number of H-pyrrole nitrogens is 1. The second kappa shape index (κ2) is 5.17. The van der Waals surface area contributed by atoms with E-state index in [4.69, 9.17) is 0 Å². The summed E-state index contributed by atoms with van der Waals surface area (Å²) < 4.78 is 13.9. The molecule has 0 aliphatic carbocycles. The highest BCUT2D eigenvalue weighted by Crippen LogP contribution is 2.25. The van der Waals surface area contributed by atoms with Gasteiger partial charge in [0.25, 0.3) is 0 Å². The molecule has 3 nitrogen and oxygen atoms in total. The molecule has 102 valence electrons. The maximum atomic E-state index is 13.9. The van der Waals surface area contributed by atoms with Gasteiger partial charge in [-0.1, -0.05) is 19.4 Å². The van der Waals surface area contributed by atoms with Crippen LogP contribution < -0.4 is 0 Å². The molecule has 0 amide bonds. The molecule has 0 unspecified atom stereocenters. The van der Waals surface area contributed by atoms with Gasteiger partial charge in [-0.3, -0.25) is 4.79 Å². The van der Waals surface area contributed by atoms with Crippen molar-refractivity contribution in [2.45, 2.75) is 19.8 Å². The first-order chi connectivity index (χ1) is 9.70. The molecule has 1 N–H and O–H groups in total. The monoisotopic (exact) mass is 288 g/mol. The Hall–Kier alpha value is -2.01. The topological polar surface area (TPSA) is 45.8 Å². The highest BCUT2D eigenvalue weighted by atomic mass is 32.1. The highest BCUT2D eigenvalue weighted by molar-refractivity contribution is 7.12. The van der Waals surface area contributed by atoms with Crippen molar-refractivity contribution in [3.05, 3.63) is 51.9 Å². The largest absolute Gasteiger partial charge is 0.360 e. The zero-order chi connectivity index (χ0) is 14.1. The fourth-order valence-corrected chi connectivity index (χ4v) is 3.02. The number of rotatable bonds is 4. The second-order valence-electron chi connectivity index (χ2n) is 4.59. The number of hydrogen-bond donors (Lipinski definition) is 1. The van der Waals surface area contributed by atoms with Crippen LogP contribution in [0.1, 0.15) is 34.4 Å². The number of aromatic amines is 1. The molecule has 0 aliphatic heterocycles. The summed E-state index contributed by atoms with van der Waals surface area (Å²) in [6, 6.07) is 4.72. The van der Waals surface area contributed by atoms with Gasteiger partial charge in [0, 0.05) is 22.5 Å². The number of ketones is 1. The van der Waals surface area contributed by atoms with E-state index in [0.717, 1.165) is 18.5 Å². The summed E-state index contributed by atoms with van der Waals surface area (Å²) in [6.07, 6.45) is 3.39. The average molecular weight is 288 g/mol. The number of benzene rings is 1. The number of fused-ring (bicyclic) bond motifs is 1. The average Bonchev–Trinajstić information content (AvgIpc) is 3.06. The maximum absolute atomic E-state index is 13.9. The van der Waals surface area contributed by atoms with E-state index in [9.17, 15) is 9.18 Å². The van der Waals surface area contributed by atoms with Gasteiger partial charge in [-0.25, -0.2) is 9.37 Å². The maximum Gasteiger partial charge on any atom is 0.223 e. The Morgan fingerprint density at radius 1 is 1.45 bits per heavy atom. The van der Waals surface area contributed by atoms with Crippen molar-refractivity contribution < 1.29 is 9.18 Å². The van der Waals surface area contributed by atoms with Crippen molar-refractivity contribution >= 4 is 28.0 Å². The molecule has 0 spiro atoms. The van der Waals surface area contributed by atoms with Crippen LogP contribution in [-0.4, -0.2) is 15.8 Å². The van der Waals surface area contributed by atoms with E-state index < -0.39 is 5.82 Å². The van der Waals surface area contributed by atoms with E-state index >= 15 is 0 Å². The summed E-state index contributed by atoms with van der Waals surface area (Å²) >= 11 is 1.31. The molecule has 20 heavy (non-hydrogen) atoms. The minimum absolute atomic E-state index is 0.228. The molecule has 0 saturated heterocycles. The van der Waals surface area contributed by atoms with Crippen LogP contribution in [0.15, 0.2) is 29.8 Å². The lowest BCUT2D eigenvalue weighted by Crippen LogP contribution is -2.01. The van der Waals surface area contributed by atoms with E-state index in [0.29, 0.717) is 21.5 Å². The van der Waals surface area contributed by atoms with Crippen molar-refractivity contribution in [2.24, 2.45) is 0 Å². The van der Waals surface area contributed by atoms with E-state index in [1.807, 2.05) is 5.38 Å². The Bertz CT molecular complexity index is 775. The zero-order valence-electron chi connectivity index (χ0n) is 10.9. The molecule has 0 fully saturated rings. The SMILES string of the molecule is CCCc1csc(C(=O)c2c[nH]c3cccc(F)c23)n1. The normalized spacial score (nSPS) is 11.1. The fraction of sp³-hybridized carbons (Fsp3) is 0.200. The number of nitrogens with zero attached hydrogens (tertiary/aromatic N) is 1. The first-order valence-corrected chi connectivity index (χ1v) is 7.33. The van der Waals surface area contributed by atoms with Gasteiger partial charge in [0.15, 0.2) is 5.01 Å². The number of nitrogens with one attached hydrogen (secondary N) is 1. The van der Waals surface area contributed by atoms with Crippen LogP contribution in [0, 0.1) is 5.82 Å². The van der Waals surface area contributed by atoms with Crippen molar-refractivity contribution in [3.63, 3.8) is 0 Å². The zero-order valence-corrected chi connectivity index (χ0v) is 11.8. The molecule has 3 aromatic rings. The second-order valence-corrected chi connectivity index (χ2v) is 5.45. The lowest BCUT2D eigenvalue weighted by molar-refractivity contribution is 0.103. The number of aryl methyl sites for hydroxylation is 1. The molecule has 1 aromatic carbocycles. The van der Waals surface area contributed by atoms with Gasteiger partial charge in [0.2, 0.25) is 5.78 Å². The minimum atomic E-state index is -0.391.